The number of amides is 1. The molecule has 5 heteroatoms. The van der Waals surface area contributed by atoms with Crippen LogP contribution < -0.4 is 10.2 Å². The van der Waals surface area contributed by atoms with Crippen LogP contribution in [0.5, 0.6) is 0 Å². The van der Waals surface area contributed by atoms with Crippen LogP contribution in [0.15, 0.2) is 36.4 Å². The fourth-order valence-corrected chi connectivity index (χ4v) is 3.74. The highest BCUT2D eigenvalue weighted by Gasteiger charge is 2.18. The van der Waals surface area contributed by atoms with Gasteiger partial charge in [-0.2, -0.15) is 0 Å². The topological polar surface area (TPSA) is 35.6 Å². The maximum atomic E-state index is 13.1. The molecule has 1 fully saturated rings. The number of benzene rings is 2. The second-order valence-corrected chi connectivity index (χ2v) is 7.36. The number of nitrogens with zero attached hydrogens (tertiary/aromatic N) is 2. The minimum Gasteiger partial charge on any atom is -0.369 e. The number of piperazine rings is 1. The largest absolute Gasteiger partial charge is 0.369 e. The van der Waals surface area contributed by atoms with Crippen molar-refractivity contribution in [3.63, 3.8) is 0 Å². The van der Waals surface area contributed by atoms with Crippen molar-refractivity contribution in [3.05, 3.63) is 64.5 Å². The molecule has 2 aromatic rings. The molecule has 0 radical (unpaired) electrons. The maximum absolute atomic E-state index is 13.1. The summed E-state index contributed by atoms with van der Waals surface area (Å²) in [4.78, 5) is 15.9. The molecule has 1 N–H and O–H groups in total. The average Bonchev–Trinajstić information content (AvgIpc) is 2.62. The third kappa shape index (κ3) is 5.07. The quantitative estimate of drug-likeness (QED) is 0.877. The lowest BCUT2D eigenvalue weighted by molar-refractivity contribution is -0.119. The van der Waals surface area contributed by atoms with Gasteiger partial charge in [0.25, 0.3) is 0 Å². The smallest absolute Gasteiger partial charge is 0.217 e. The van der Waals surface area contributed by atoms with Crippen LogP contribution in [0, 0.1) is 19.7 Å². The SMILES string of the molecule is CC(=O)NCc1c(C)cc(CN2CCN(c3ccc(F)cc3)CC2)cc1C. The average molecular weight is 369 g/mol. The lowest BCUT2D eigenvalue weighted by Crippen LogP contribution is -2.46. The Labute approximate surface area is 161 Å². The number of carbonyl (C=O) groups is 1. The van der Waals surface area contributed by atoms with Gasteiger partial charge in [-0.1, -0.05) is 12.1 Å². The number of carbonyl (C=O) groups excluding carboxylic acids is 1. The molecule has 0 aromatic heterocycles. The fraction of sp³-hybridized carbons (Fsp3) is 0.409. The first-order chi connectivity index (χ1) is 12.9. The monoisotopic (exact) mass is 369 g/mol. The predicted molar refractivity (Wildman–Crippen MR) is 107 cm³/mol. The van der Waals surface area contributed by atoms with Crippen LogP contribution in [0.3, 0.4) is 0 Å². The Morgan fingerprint density at radius 2 is 1.63 bits per heavy atom. The van der Waals surface area contributed by atoms with Crippen LogP contribution in [0.25, 0.3) is 0 Å². The molecule has 4 nitrogen and oxygen atoms in total. The highest BCUT2D eigenvalue weighted by molar-refractivity contribution is 5.72. The van der Waals surface area contributed by atoms with E-state index in [-0.39, 0.29) is 11.7 Å². The highest BCUT2D eigenvalue weighted by atomic mass is 19.1. The number of nitrogens with one attached hydrogen (secondary N) is 1. The van der Waals surface area contributed by atoms with Crippen LogP contribution in [0.1, 0.15) is 29.2 Å². The second kappa shape index (κ2) is 8.53. The van der Waals surface area contributed by atoms with E-state index in [9.17, 15) is 9.18 Å². The van der Waals surface area contributed by atoms with Gasteiger partial charge in [0.15, 0.2) is 0 Å². The summed E-state index contributed by atoms with van der Waals surface area (Å²) in [5.74, 6) is -0.193. The third-order valence-corrected chi connectivity index (χ3v) is 5.24. The molecule has 2 aromatic carbocycles. The van der Waals surface area contributed by atoms with E-state index in [1.807, 2.05) is 12.1 Å². The van der Waals surface area contributed by atoms with Crippen LogP contribution in [-0.4, -0.2) is 37.0 Å². The van der Waals surface area contributed by atoms with E-state index in [2.05, 4.69) is 41.1 Å². The van der Waals surface area contributed by atoms with Gasteiger partial charge in [0.1, 0.15) is 5.82 Å². The van der Waals surface area contributed by atoms with Crippen molar-refractivity contribution >= 4 is 11.6 Å². The summed E-state index contributed by atoms with van der Waals surface area (Å²) in [6, 6.07) is 11.2. The maximum Gasteiger partial charge on any atom is 0.217 e. The number of halogens is 1. The first-order valence-electron chi connectivity index (χ1n) is 9.48. The Bertz CT molecular complexity index is 773. The Kier molecular flexibility index (Phi) is 6.11. The number of rotatable bonds is 5. The molecule has 0 aliphatic carbocycles. The van der Waals surface area contributed by atoms with E-state index in [0.717, 1.165) is 38.4 Å². The lowest BCUT2D eigenvalue weighted by atomic mass is 9.98. The van der Waals surface area contributed by atoms with Crippen molar-refractivity contribution in [1.82, 2.24) is 10.2 Å². The van der Waals surface area contributed by atoms with Gasteiger partial charge in [-0.15, -0.1) is 0 Å². The lowest BCUT2D eigenvalue weighted by Gasteiger charge is -2.36. The molecule has 0 atom stereocenters. The summed E-state index contributed by atoms with van der Waals surface area (Å²) in [6.07, 6.45) is 0. The first-order valence-corrected chi connectivity index (χ1v) is 9.48. The molecule has 144 valence electrons. The van der Waals surface area contributed by atoms with Crippen molar-refractivity contribution in [3.8, 4) is 0 Å². The van der Waals surface area contributed by atoms with Gasteiger partial charge in [-0.25, -0.2) is 4.39 Å². The summed E-state index contributed by atoms with van der Waals surface area (Å²) in [7, 11) is 0. The zero-order valence-corrected chi connectivity index (χ0v) is 16.4. The third-order valence-electron chi connectivity index (χ3n) is 5.24. The molecular formula is C22H28FN3O. The van der Waals surface area contributed by atoms with Gasteiger partial charge in [0.2, 0.25) is 5.91 Å². The van der Waals surface area contributed by atoms with Crippen molar-refractivity contribution in [2.75, 3.05) is 31.1 Å². The zero-order chi connectivity index (χ0) is 19.4. The summed E-state index contributed by atoms with van der Waals surface area (Å²) < 4.78 is 13.1. The van der Waals surface area contributed by atoms with Crippen molar-refractivity contribution < 1.29 is 9.18 Å². The first kappa shape index (κ1) is 19.4. The molecule has 1 aliphatic heterocycles. The number of hydrogen-bond donors (Lipinski definition) is 1. The molecule has 3 rings (SSSR count). The zero-order valence-electron chi connectivity index (χ0n) is 16.4. The molecule has 0 bridgehead atoms. The molecule has 27 heavy (non-hydrogen) atoms. The van der Waals surface area contributed by atoms with Crippen LogP contribution in [0.4, 0.5) is 10.1 Å². The summed E-state index contributed by atoms with van der Waals surface area (Å²) >= 11 is 0. The van der Waals surface area contributed by atoms with Crippen LogP contribution >= 0.6 is 0 Å². The Morgan fingerprint density at radius 3 is 2.19 bits per heavy atom. The predicted octanol–water partition coefficient (Wildman–Crippen LogP) is 3.40. The molecule has 1 aliphatic rings. The standard InChI is InChI=1S/C22H28FN3O/c1-16-12-19(13-17(2)22(16)14-24-18(3)27)15-25-8-10-26(11-9-25)21-6-4-20(23)5-7-21/h4-7,12-13H,8-11,14-15H2,1-3H3,(H,24,27). The van der Waals surface area contributed by atoms with E-state index >= 15 is 0 Å². The fourth-order valence-electron chi connectivity index (χ4n) is 3.74. The van der Waals surface area contributed by atoms with Gasteiger partial charge in [0, 0.05) is 51.9 Å². The number of hydrogen-bond acceptors (Lipinski definition) is 3. The Balaban J connectivity index is 1.58. The van der Waals surface area contributed by atoms with Gasteiger partial charge < -0.3 is 10.2 Å². The normalized spacial score (nSPS) is 15.0. The number of anilines is 1. The molecule has 0 saturated carbocycles. The van der Waals surface area contributed by atoms with Gasteiger partial charge in [-0.05, 0) is 60.4 Å². The summed E-state index contributed by atoms with van der Waals surface area (Å²) in [5.41, 5.74) is 6.05. The summed E-state index contributed by atoms with van der Waals surface area (Å²) in [6.45, 7) is 11.2. The van der Waals surface area contributed by atoms with E-state index in [1.54, 1.807) is 6.92 Å². The molecule has 0 unspecified atom stereocenters. The van der Waals surface area contributed by atoms with Crippen LogP contribution in [-0.2, 0) is 17.9 Å². The van der Waals surface area contributed by atoms with Crippen molar-refractivity contribution in [2.24, 2.45) is 0 Å². The van der Waals surface area contributed by atoms with Gasteiger partial charge in [0.05, 0.1) is 0 Å². The van der Waals surface area contributed by atoms with E-state index in [1.165, 1.54) is 34.4 Å². The Morgan fingerprint density at radius 1 is 1.04 bits per heavy atom. The molecule has 1 heterocycles. The van der Waals surface area contributed by atoms with E-state index in [0.29, 0.717) is 6.54 Å². The number of aryl methyl sites for hydroxylation is 2. The second-order valence-electron chi connectivity index (χ2n) is 7.36. The van der Waals surface area contributed by atoms with Crippen molar-refractivity contribution in [1.29, 1.82) is 0 Å². The van der Waals surface area contributed by atoms with Gasteiger partial charge >= 0.3 is 0 Å². The molecule has 1 amide bonds. The highest BCUT2D eigenvalue weighted by Crippen LogP contribution is 2.20. The molecule has 0 spiro atoms. The molecule has 1 saturated heterocycles. The van der Waals surface area contributed by atoms with Crippen LogP contribution in [0.2, 0.25) is 0 Å². The minimum absolute atomic E-state index is 0.00287. The Hall–Kier alpha value is -2.40. The van der Waals surface area contributed by atoms with Crippen molar-refractivity contribution in [2.45, 2.75) is 33.9 Å². The van der Waals surface area contributed by atoms with Gasteiger partial charge in [-0.3, -0.25) is 9.69 Å². The van der Waals surface area contributed by atoms with E-state index < -0.39 is 0 Å². The summed E-state index contributed by atoms with van der Waals surface area (Å²) in [5, 5.41) is 2.89. The van der Waals surface area contributed by atoms with E-state index in [4.69, 9.17) is 0 Å². The molecular weight excluding hydrogens is 341 g/mol. The minimum atomic E-state index is -0.190.